The minimum atomic E-state index is -0.0316. The summed E-state index contributed by atoms with van der Waals surface area (Å²) >= 11 is 7.50. The zero-order valence-electron chi connectivity index (χ0n) is 14.8. The highest BCUT2D eigenvalue weighted by Crippen LogP contribution is 2.26. The molecule has 0 amide bonds. The molecule has 0 bridgehead atoms. The first kappa shape index (κ1) is 17.5. The van der Waals surface area contributed by atoms with E-state index in [9.17, 15) is 4.79 Å². The van der Waals surface area contributed by atoms with E-state index in [0.717, 1.165) is 58.5 Å². The van der Waals surface area contributed by atoms with Crippen LogP contribution in [-0.4, -0.2) is 46.0 Å². The maximum absolute atomic E-state index is 12.4. The highest BCUT2D eigenvalue weighted by molar-refractivity contribution is 7.18. The van der Waals surface area contributed by atoms with E-state index < -0.39 is 0 Å². The van der Waals surface area contributed by atoms with Gasteiger partial charge in [0.1, 0.15) is 16.5 Å². The molecule has 1 fully saturated rings. The third kappa shape index (κ3) is 3.34. The van der Waals surface area contributed by atoms with E-state index in [1.54, 1.807) is 17.5 Å². The van der Waals surface area contributed by atoms with Crippen LogP contribution in [0.25, 0.3) is 10.2 Å². The molecule has 1 N–H and O–H groups in total. The van der Waals surface area contributed by atoms with Crippen LogP contribution in [0.5, 0.6) is 0 Å². The number of hydrogen-bond donors (Lipinski definition) is 1. The fourth-order valence-corrected chi connectivity index (χ4v) is 4.44. The number of pyridine rings is 1. The van der Waals surface area contributed by atoms with Crippen LogP contribution < -0.4 is 10.5 Å². The molecule has 136 valence electrons. The smallest absolute Gasteiger partial charge is 0.259 e. The normalized spacial score (nSPS) is 15.7. The van der Waals surface area contributed by atoms with Crippen molar-refractivity contribution in [2.24, 2.45) is 0 Å². The Bertz CT molecular complexity index is 989. The fraction of sp³-hybridized carbons (Fsp3) is 0.389. The van der Waals surface area contributed by atoms with E-state index in [1.165, 1.54) is 0 Å². The predicted molar refractivity (Wildman–Crippen MR) is 106 cm³/mol. The van der Waals surface area contributed by atoms with Gasteiger partial charge in [-0.15, -0.1) is 11.3 Å². The van der Waals surface area contributed by atoms with E-state index in [0.29, 0.717) is 11.6 Å². The SMILES string of the molecule is Cc1sc2nc(CN3CCN(c4ccc(Cl)cn4)CC3)[nH]c(=O)c2c1C. The molecule has 26 heavy (non-hydrogen) atoms. The van der Waals surface area contributed by atoms with Crippen molar-refractivity contribution < 1.29 is 0 Å². The summed E-state index contributed by atoms with van der Waals surface area (Å²) in [4.78, 5) is 31.0. The minimum Gasteiger partial charge on any atom is -0.354 e. The van der Waals surface area contributed by atoms with Crippen LogP contribution in [0.2, 0.25) is 5.02 Å². The number of anilines is 1. The zero-order valence-corrected chi connectivity index (χ0v) is 16.3. The number of nitrogens with one attached hydrogen (secondary N) is 1. The van der Waals surface area contributed by atoms with Gasteiger partial charge in [-0.05, 0) is 31.5 Å². The lowest BCUT2D eigenvalue weighted by Crippen LogP contribution is -2.46. The fourth-order valence-electron chi connectivity index (χ4n) is 3.28. The number of halogens is 1. The second kappa shape index (κ2) is 6.98. The van der Waals surface area contributed by atoms with Crippen LogP contribution in [0.15, 0.2) is 23.1 Å². The van der Waals surface area contributed by atoms with Gasteiger partial charge in [-0.2, -0.15) is 0 Å². The topological polar surface area (TPSA) is 65.1 Å². The van der Waals surface area contributed by atoms with Crippen molar-refractivity contribution in [3.63, 3.8) is 0 Å². The molecule has 4 heterocycles. The number of nitrogens with zero attached hydrogens (tertiary/aromatic N) is 4. The minimum absolute atomic E-state index is 0.0316. The van der Waals surface area contributed by atoms with Crippen molar-refractivity contribution in [2.75, 3.05) is 31.1 Å². The summed E-state index contributed by atoms with van der Waals surface area (Å²) in [6, 6.07) is 3.82. The van der Waals surface area contributed by atoms with Crippen LogP contribution in [0.1, 0.15) is 16.3 Å². The number of rotatable bonds is 3. The number of hydrogen-bond acceptors (Lipinski definition) is 6. The number of aromatic nitrogens is 3. The van der Waals surface area contributed by atoms with Gasteiger partial charge in [-0.1, -0.05) is 11.6 Å². The Hall–Kier alpha value is -1.96. The quantitative estimate of drug-likeness (QED) is 0.746. The van der Waals surface area contributed by atoms with Crippen molar-refractivity contribution >= 4 is 39.0 Å². The Morgan fingerprint density at radius 1 is 1.23 bits per heavy atom. The Kier molecular flexibility index (Phi) is 4.69. The molecule has 0 saturated carbocycles. The first-order valence-corrected chi connectivity index (χ1v) is 9.78. The van der Waals surface area contributed by atoms with Crippen molar-refractivity contribution in [3.8, 4) is 0 Å². The molecule has 0 radical (unpaired) electrons. The lowest BCUT2D eigenvalue weighted by molar-refractivity contribution is 0.243. The maximum atomic E-state index is 12.4. The lowest BCUT2D eigenvalue weighted by Gasteiger charge is -2.35. The second-order valence-corrected chi connectivity index (χ2v) is 8.21. The van der Waals surface area contributed by atoms with E-state index in [-0.39, 0.29) is 5.56 Å². The van der Waals surface area contributed by atoms with Crippen LogP contribution in [0.3, 0.4) is 0 Å². The highest BCUT2D eigenvalue weighted by atomic mass is 35.5. The third-order valence-corrected chi connectivity index (χ3v) is 6.19. The molecule has 0 atom stereocenters. The molecule has 1 aliphatic heterocycles. The number of aromatic amines is 1. The highest BCUT2D eigenvalue weighted by Gasteiger charge is 2.19. The summed E-state index contributed by atoms with van der Waals surface area (Å²) in [6.07, 6.45) is 1.68. The van der Waals surface area contributed by atoms with E-state index in [2.05, 4.69) is 24.8 Å². The van der Waals surface area contributed by atoms with Gasteiger partial charge in [-0.3, -0.25) is 9.69 Å². The van der Waals surface area contributed by atoms with Gasteiger partial charge in [-0.25, -0.2) is 9.97 Å². The van der Waals surface area contributed by atoms with Crippen LogP contribution >= 0.6 is 22.9 Å². The number of H-pyrrole nitrogens is 1. The zero-order chi connectivity index (χ0) is 18.3. The number of fused-ring (bicyclic) bond motifs is 1. The summed E-state index contributed by atoms with van der Waals surface area (Å²) in [6.45, 7) is 8.24. The van der Waals surface area contributed by atoms with Crippen molar-refractivity contribution in [3.05, 3.63) is 50.0 Å². The van der Waals surface area contributed by atoms with Crippen LogP contribution in [0.4, 0.5) is 5.82 Å². The Balaban J connectivity index is 1.45. The lowest BCUT2D eigenvalue weighted by atomic mass is 10.2. The molecular formula is C18H20ClN5OS. The summed E-state index contributed by atoms with van der Waals surface area (Å²) in [7, 11) is 0. The van der Waals surface area contributed by atoms with Gasteiger partial charge in [0.25, 0.3) is 5.56 Å². The first-order chi connectivity index (χ1) is 12.5. The number of aryl methyl sites for hydroxylation is 2. The molecule has 3 aromatic heterocycles. The van der Waals surface area contributed by atoms with Gasteiger partial charge >= 0.3 is 0 Å². The molecule has 8 heteroatoms. The Morgan fingerprint density at radius 3 is 2.69 bits per heavy atom. The van der Waals surface area contributed by atoms with Gasteiger partial charge in [0.15, 0.2) is 0 Å². The summed E-state index contributed by atoms with van der Waals surface area (Å²) < 4.78 is 0. The molecule has 3 aromatic rings. The average Bonchev–Trinajstić information content (AvgIpc) is 2.91. The summed E-state index contributed by atoms with van der Waals surface area (Å²) in [5.74, 6) is 1.69. The summed E-state index contributed by atoms with van der Waals surface area (Å²) in [5.41, 5.74) is 1.00. The third-order valence-electron chi connectivity index (χ3n) is 4.87. The summed E-state index contributed by atoms with van der Waals surface area (Å²) in [5, 5.41) is 1.38. The molecule has 0 spiro atoms. The standard InChI is InChI=1S/C18H20ClN5OS/c1-11-12(2)26-18-16(11)17(25)21-14(22-18)10-23-5-7-24(8-6-23)15-4-3-13(19)9-20-15/h3-4,9H,5-8,10H2,1-2H3,(H,21,22,25). The molecule has 6 nitrogen and oxygen atoms in total. The van der Waals surface area contributed by atoms with E-state index >= 15 is 0 Å². The van der Waals surface area contributed by atoms with E-state index in [4.69, 9.17) is 11.6 Å². The molecule has 0 aliphatic carbocycles. The Morgan fingerprint density at radius 2 is 2.00 bits per heavy atom. The van der Waals surface area contributed by atoms with Gasteiger partial charge in [0, 0.05) is 37.3 Å². The first-order valence-electron chi connectivity index (χ1n) is 8.59. The van der Waals surface area contributed by atoms with Gasteiger partial charge in [0.2, 0.25) is 0 Å². The Labute approximate surface area is 160 Å². The molecule has 1 aliphatic rings. The monoisotopic (exact) mass is 389 g/mol. The second-order valence-electron chi connectivity index (χ2n) is 6.57. The molecule has 0 unspecified atom stereocenters. The largest absolute Gasteiger partial charge is 0.354 e. The van der Waals surface area contributed by atoms with Crippen molar-refractivity contribution in [2.45, 2.75) is 20.4 Å². The van der Waals surface area contributed by atoms with Gasteiger partial charge < -0.3 is 9.88 Å². The number of piperazine rings is 1. The molecule has 4 rings (SSSR count). The van der Waals surface area contributed by atoms with Gasteiger partial charge in [0.05, 0.1) is 17.0 Å². The molecular weight excluding hydrogens is 370 g/mol. The van der Waals surface area contributed by atoms with Crippen molar-refractivity contribution in [1.82, 2.24) is 19.9 Å². The average molecular weight is 390 g/mol. The molecule has 1 saturated heterocycles. The van der Waals surface area contributed by atoms with Crippen LogP contribution in [0, 0.1) is 13.8 Å². The van der Waals surface area contributed by atoms with Crippen molar-refractivity contribution in [1.29, 1.82) is 0 Å². The molecule has 0 aromatic carbocycles. The maximum Gasteiger partial charge on any atom is 0.259 e. The number of thiophene rings is 1. The van der Waals surface area contributed by atoms with Crippen LogP contribution in [-0.2, 0) is 6.54 Å². The predicted octanol–water partition coefficient (Wildman–Crippen LogP) is 2.97. The van der Waals surface area contributed by atoms with E-state index in [1.807, 2.05) is 26.0 Å².